The highest BCUT2D eigenvalue weighted by atomic mass is 16.6. The van der Waals surface area contributed by atoms with Crippen molar-refractivity contribution in [1.29, 1.82) is 0 Å². The van der Waals surface area contributed by atoms with E-state index in [-0.39, 0.29) is 5.69 Å². The SMILES string of the molecule is O=[N+]([O-])c1cccnc1-c1cnc2c(c1)c1ccccc1n2-c1ccccc1. The maximum absolute atomic E-state index is 11.4. The Kier molecular flexibility index (Phi) is 3.62. The molecule has 0 saturated heterocycles. The number of nitro groups is 1. The molecule has 0 amide bonds. The Morgan fingerprint density at radius 3 is 2.46 bits per heavy atom. The molecule has 0 N–H and O–H groups in total. The van der Waals surface area contributed by atoms with Gasteiger partial charge in [-0.2, -0.15) is 0 Å². The number of para-hydroxylation sites is 2. The number of rotatable bonds is 3. The van der Waals surface area contributed by atoms with Crippen molar-refractivity contribution in [3.8, 4) is 16.9 Å². The Labute approximate surface area is 159 Å². The Hall–Kier alpha value is -4.06. The average Bonchev–Trinajstić information content (AvgIpc) is 3.08. The van der Waals surface area contributed by atoms with Crippen LogP contribution < -0.4 is 0 Å². The van der Waals surface area contributed by atoms with Crippen molar-refractivity contribution in [3.05, 3.63) is 95.3 Å². The highest BCUT2D eigenvalue weighted by molar-refractivity contribution is 6.08. The zero-order chi connectivity index (χ0) is 19.1. The number of nitrogens with zero attached hydrogens (tertiary/aromatic N) is 4. The standard InChI is InChI=1S/C22H14N4O2/c27-26(28)20-11-6-12-23-21(20)15-13-18-17-9-4-5-10-19(17)25(22(18)24-14-15)16-7-2-1-3-8-16/h1-14H. The van der Waals surface area contributed by atoms with Crippen LogP contribution >= 0.6 is 0 Å². The Morgan fingerprint density at radius 2 is 1.64 bits per heavy atom. The van der Waals surface area contributed by atoms with Crippen molar-refractivity contribution in [3.63, 3.8) is 0 Å². The van der Waals surface area contributed by atoms with E-state index in [9.17, 15) is 10.1 Å². The van der Waals surface area contributed by atoms with Crippen molar-refractivity contribution in [2.24, 2.45) is 0 Å². The predicted molar refractivity (Wildman–Crippen MR) is 108 cm³/mol. The van der Waals surface area contributed by atoms with E-state index >= 15 is 0 Å². The van der Waals surface area contributed by atoms with Gasteiger partial charge in [0.05, 0.1) is 10.4 Å². The van der Waals surface area contributed by atoms with Gasteiger partial charge in [0, 0.05) is 40.5 Å². The van der Waals surface area contributed by atoms with Crippen LogP contribution in [0.4, 0.5) is 5.69 Å². The smallest absolute Gasteiger partial charge is 0.294 e. The van der Waals surface area contributed by atoms with Gasteiger partial charge in [-0.15, -0.1) is 0 Å². The molecule has 134 valence electrons. The summed E-state index contributed by atoms with van der Waals surface area (Å²) in [5, 5.41) is 13.4. The third-order valence-corrected chi connectivity index (χ3v) is 4.78. The second kappa shape index (κ2) is 6.28. The molecule has 0 bridgehead atoms. The molecular formula is C22H14N4O2. The van der Waals surface area contributed by atoms with Crippen LogP contribution in [0.1, 0.15) is 0 Å². The molecule has 6 heteroatoms. The first-order valence-corrected chi connectivity index (χ1v) is 8.78. The fraction of sp³-hybridized carbons (Fsp3) is 0. The Balaban J connectivity index is 1.83. The number of fused-ring (bicyclic) bond motifs is 3. The van der Waals surface area contributed by atoms with Crippen LogP contribution in [-0.4, -0.2) is 19.5 Å². The summed E-state index contributed by atoms with van der Waals surface area (Å²) >= 11 is 0. The van der Waals surface area contributed by atoms with Gasteiger partial charge in [-0.3, -0.25) is 14.7 Å². The molecule has 3 aromatic heterocycles. The second-order valence-corrected chi connectivity index (χ2v) is 6.41. The minimum atomic E-state index is -0.417. The maximum Gasteiger partial charge on any atom is 0.295 e. The fourth-order valence-corrected chi connectivity index (χ4v) is 3.58. The van der Waals surface area contributed by atoms with E-state index in [1.54, 1.807) is 18.5 Å². The van der Waals surface area contributed by atoms with Gasteiger partial charge in [-0.25, -0.2) is 9.97 Å². The third-order valence-electron chi connectivity index (χ3n) is 4.78. The number of hydrogen-bond acceptors (Lipinski definition) is 4. The van der Waals surface area contributed by atoms with Gasteiger partial charge < -0.3 is 0 Å². The minimum Gasteiger partial charge on any atom is -0.294 e. The van der Waals surface area contributed by atoms with Crippen LogP contribution in [0, 0.1) is 10.1 Å². The molecule has 2 aromatic carbocycles. The highest BCUT2D eigenvalue weighted by Gasteiger charge is 2.19. The molecule has 6 nitrogen and oxygen atoms in total. The van der Waals surface area contributed by atoms with Gasteiger partial charge >= 0.3 is 0 Å². The van der Waals surface area contributed by atoms with Gasteiger partial charge in [0.15, 0.2) is 0 Å². The number of aromatic nitrogens is 3. The van der Waals surface area contributed by atoms with E-state index in [4.69, 9.17) is 0 Å². The molecule has 5 rings (SSSR count). The number of hydrogen-bond donors (Lipinski definition) is 0. The van der Waals surface area contributed by atoms with Crippen molar-refractivity contribution in [1.82, 2.24) is 14.5 Å². The summed E-state index contributed by atoms with van der Waals surface area (Å²) in [6.07, 6.45) is 3.20. The van der Waals surface area contributed by atoms with E-state index in [0.717, 1.165) is 27.6 Å². The molecule has 28 heavy (non-hydrogen) atoms. The molecule has 0 fully saturated rings. The molecule has 0 radical (unpaired) electrons. The summed E-state index contributed by atoms with van der Waals surface area (Å²) in [5.74, 6) is 0. The molecule has 0 aliphatic carbocycles. The van der Waals surface area contributed by atoms with Crippen molar-refractivity contribution < 1.29 is 4.92 Å². The molecular weight excluding hydrogens is 352 g/mol. The molecule has 0 spiro atoms. The summed E-state index contributed by atoms with van der Waals surface area (Å²) in [7, 11) is 0. The Bertz CT molecular complexity index is 1340. The zero-order valence-electron chi connectivity index (χ0n) is 14.7. The van der Waals surface area contributed by atoms with Crippen LogP contribution in [0.25, 0.3) is 38.9 Å². The lowest BCUT2D eigenvalue weighted by Gasteiger charge is -2.07. The lowest BCUT2D eigenvalue weighted by atomic mass is 10.1. The van der Waals surface area contributed by atoms with E-state index in [1.165, 1.54) is 6.07 Å². The van der Waals surface area contributed by atoms with Crippen molar-refractivity contribution in [2.45, 2.75) is 0 Å². The van der Waals surface area contributed by atoms with Gasteiger partial charge in [-0.1, -0.05) is 36.4 Å². The maximum atomic E-state index is 11.4. The topological polar surface area (TPSA) is 73.8 Å². The molecule has 3 heterocycles. The summed E-state index contributed by atoms with van der Waals surface area (Å²) in [6.45, 7) is 0. The van der Waals surface area contributed by atoms with Crippen LogP contribution in [0.15, 0.2) is 85.2 Å². The first kappa shape index (κ1) is 16.1. The normalized spacial score (nSPS) is 11.1. The molecule has 0 unspecified atom stereocenters. The van der Waals surface area contributed by atoms with Gasteiger partial charge in [0.2, 0.25) is 0 Å². The molecule has 0 atom stereocenters. The quantitative estimate of drug-likeness (QED) is 0.327. The van der Waals surface area contributed by atoms with Crippen molar-refractivity contribution >= 4 is 27.6 Å². The predicted octanol–water partition coefficient (Wildman–Crippen LogP) is 5.15. The van der Waals surface area contributed by atoms with E-state index in [0.29, 0.717) is 11.3 Å². The van der Waals surface area contributed by atoms with Crippen LogP contribution in [0.2, 0.25) is 0 Å². The average molecular weight is 366 g/mol. The lowest BCUT2D eigenvalue weighted by Crippen LogP contribution is -1.96. The summed E-state index contributed by atoms with van der Waals surface area (Å²) < 4.78 is 2.10. The highest BCUT2D eigenvalue weighted by Crippen LogP contribution is 2.34. The molecule has 0 aliphatic rings. The third kappa shape index (κ3) is 2.43. The van der Waals surface area contributed by atoms with Gasteiger partial charge in [0.25, 0.3) is 5.69 Å². The summed E-state index contributed by atoms with van der Waals surface area (Å²) in [6, 6.07) is 23.0. The summed E-state index contributed by atoms with van der Waals surface area (Å²) in [4.78, 5) is 19.9. The molecule has 0 saturated carbocycles. The molecule has 0 aliphatic heterocycles. The minimum absolute atomic E-state index is 0.0320. The first-order valence-electron chi connectivity index (χ1n) is 8.78. The lowest BCUT2D eigenvalue weighted by molar-refractivity contribution is -0.384. The van der Waals surface area contributed by atoms with Gasteiger partial charge in [0.1, 0.15) is 11.3 Å². The van der Waals surface area contributed by atoms with E-state index in [2.05, 4.69) is 14.5 Å². The largest absolute Gasteiger partial charge is 0.295 e. The first-order chi connectivity index (χ1) is 13.7. The summed E-state index contributed by atoms with van der Waals surface area (Å²) in [5.41, 5.74) is 3.75. The van der Waals surface area contributed by atoms with Crippen molar-refractivity contribution in [2.75, 3.05) is 0 Å². The zero-order valence-corrected chi connectivity index (χ0v) is 14.7. The molecule has 5 aromatic rings. The fourth-order valence-electron chi connectivity index (χ4n) is 3.58. The monoisotopic (exact) mass is 366 g/mol. The van der Waals surface area contributed by atoms with Gasteiger partial charge in [-0.05, 0) is 30.3 Å². The Morgan fingerprint density at radius 1 is 0.857 bits per heavy atom. The van der Waals surface area contributed by atoms with E-state index < -0.39 is 4.92 Å². The second-order valence-electron chi connectivity index (χ2n) is 6.41. The van der Waals surface area contributed by atoms with Crippen LogP contribution in [-0.2, 0) is 0 Å². The van der Waals surface area contributed by atoms with Crippen LogP contribution in [0.5, 0.6) is 0 Å². The van der Waals surface area contributed by atoms with E-state index in [1.807, 2.05) is 60.7 Å². The van der Waals surface area contributed by atoms with Crippen LogP contribution in [0.3, 0.4) is 0 Å². The number of benzene rings is 2. The number of pyridine rings is 2.